The van der Waals surface area contributed by atoms with Gasteiger partial charge in [-0.05, 0) is 35.4 Å². The van der Waals surface area contributed by atoms with E-state index in [4.69, 9.17) is 4.42 Å². The Morgan fingerprint density at radius 3 is 2.31 bits per heavy atom. The lowest BCUT2D eigenvalue weighted by Gasteiger charge is -2.25. The molecule has 4 aromatic rings. The molecule has 4 nitrogen and oxygen atoms in total. The second-order valence-corrected chi connectivity index (χ2v) is 7.04. The average molecular weight is 385 g/mol. The van der Waals surface area contributed by atoms with Crippen molar-refractivity contribution in [3.63, 3.8) is 0 Å². The van der Waals surface area contributed by atoms with Gasteiger partial charge in [-0.15, -0.1) is 0 Å². The number of hydrogen-bond acceptors (Lipinski definition) is 3. The van der Waals surface area contributed by atoms with Gasteiger partial charge in [-0.1, -0.05) is 54.6 Å². The SMILES string of the molecule is O=C1c2oc3ccccc3c(=O)c2[C@H](c2ccc(F)cc2)N1Cc1ccccc1. The van der Waals surface area contributed by atoms with Gasteiger partial charge in [-0.3, -0.25) is 9.59 Å². The van der Waals surface area contributed by atoms with Crippen LogP contribution in [0, 0.1) is 5.82 Å². The number of hydrogen-bond donors (Lipinski definition) is 0. The molecule has 1 aromatic heterocycles. The van der Waals surface area contributed by atoms with Gasteiger partial charge in [-0.25, -0.2) is 4.39 Å². The van der Waals surface area contributed by atoms with E-state index in [-0.39, 0.29) is 22.9 Å². The van der Waals surface area contributed by atoms with Crippen LogP contribution in [0.3, 0.4) is 0 Å². The predicted octanol–water partition coefficient (Wildman–Crippen LogP) is 4.68. The number of para-hydroxylation sites is 1. The second kappa shape index (κ2) is 6.71. The Morgan fingerprint density at radius 2 is 1.55 bits per heavy atom. The van der Waals surface area contributed by atoms with Crippen molar-refractivity contribution in [1.82, 2.24) is 4.90 Å². The zero-order valence-electron chi connectivity index (χ0n) is 15.3. The van der Waals surface area contributed by atoms with E-state index in [0.717, 1.165) is 5.56 Å². The lowest BCUT2D eigenvalue weighted by atomic mass is 9.98. The molecule has 0 saturated carbocycles. The standard InChI is InChI=1S/C24H16FNO3/c25-17-12-10-16(11-13-17)21-20-22(27)18-8-4-5-9-19(18)29-23(20)24(28)26(21)14-15-6-2-1-3-7-15/h1-13,21H,14H2/t21-/m0/s1. The van der Waals surface area contributed by atoms with Crippen LogP contribution in [0.4, 0.5) is 4.39 Å². The molecule has 5 rings (SSSR count). The highest BCUT2D eigenvalue weighted by Crippen LogP contribution is 2.39. The summed E-state index contributed by atoms with van der Waals surface area (Å²) in [5, 5.41) is 0.424. The lowest BCUT2D eigenvalue weighted by Crippen LogP contribution is -2.29. The zero-order valence-corrected chi connectivity index (χ0v) is 15.3. The first-order chi connectivity index (χ1) is 14.1. The van der Waals surface area contributed by atoms with Crippen molar-refractivity contribution < 1.29 is 13.6 Å². The van der Waals surface area contributed by atoms with E-state index in [1.807, 2.05) is 30.3 Å². The summed E-state index contributed by atoms with van der Waals surface area (Å²) in [5.41, 5.74) is 2.04. The van der Waals surface area contributed by atoms with Crippen LogP contribution in [0.25, 0.3) is 11.0 Å². The Kier molecular flexibility index (Phi) is 4.02. The first kappa shape index (κ1) is 17.4. The monoisotopic (exact) mass is 385 g/mol. The van der Waals surface area contributed by atoms with E-state index < -0.39 is 6.04 Å². The van der Waals surface area contributed by atoms with Crippen LogP contribution in [0.5, 0.6) is 0 Å². The van der Waals surface area contributed by atoms with Gasteiger partial charge in [0.1, 0.15) is 11.4 Å². The van der Waals surface area contributed by atoms with Gasteiger partial charge in [0.15, 0.2) is 5.43 Å². The summed E-state index contributed by atoms with van der Waals surface area (Å²) >= 11 is 0. The van der Waals surface area contributed by atoms with Crippen LogP contribution < -0.4 is 5.43 Å². The van der Waals surface area contributed by atoms with E-state index in [9.17, 15) is 14.0 Å². The van der Waals surface area contributed by atoms with Crippen LogP contribution in [-0.4, -0.2) is 10.8 Å². The number of fused-ring (bicyclic) bond motifs is 2. The Labute approximate surface area is 165 Å². The maximum absolute atomic E-state index is 13.5. The normalized spacial score (nSPS) is 15.7. The van der Waals surface area contributed by atoms with Crippen LogP contribution in [-0.2, 0) is 6.54 Å². The highest BCUT2D eigenvalue weighted by Gasteiger charge is 2.42. The number of halogens is 1. The Balaban J connectivity index is 1.73. The highest BCUT2D eigenvalue weighted by molar-refractivity contribution is 5.99. The summed E-state index contributed by atoms with van der Waals surface area (Å²) in [5.74, 6) is -0.668. The van der Waals surface area contributed by atoms with Gasteiger partial charge in [-0.2, -0.15) is 0 Å². The van der Waals surface area contributed by atoms with Crippen molar-refractivity contribution in [1.29, 1.82) is 0 Å². The third-order valence-corrected chi connectivity index (χ3v) is 5.25. The summed E-state index contributed by atoms with van der Waals surface area (Å²) in [6.45, 7) is 0.307. The quantitative estimate of drug-likeness (QED) is 0.515. The third kappa shape index (κ3) is 2.83. The smallest absolute Gasteiger partial charge is 0.291 e. The largest absolute Gasteiger partial charge is 0.450 e. The molecule has 2 heterocycles. The van der Waals surface area contributed by atoms with E-state index in [0.29, 0.717) is 28.6 Å². The van der Waals surface area contributed by atoms with E-state index in [2.05, 4.69) is 0 Å². The fourth-order valence-electron chi connectivity index (χ4n) is 3.90. The van der Waals surface area contributed by atoms with Gasteiger partial charge in [0.2, 0.25) is 5.76 Å². The van der Waals surface area contributed by atoms with Crippen molar-refractivity contribution in [3.8, 4) is 0 Å². The molecule has 1 aliphatic rings. The molecule has 0 N–H and O–H groups in total. The number of amides is 1. The van der Waals surface area contributed by atoms with Gasteiger partial charge in [0.25, 0.3) is 5.91 Å². The molecule has 142 valence electrons. The van der Waals surface area contributed by atoms with Crippen LogP contribution in [0.1, 0.15) is 33.3 Å². The molecule has 0 saturated heterocycles. The summed E-state index contributed by atoms with van der Waals surface area (Å²) < 4.78 is 19.4. The first-order valence-electron chi connectivity index (χ1n) is 9.29. The summed E-state index contributed by atoms with van der Waals surface area (Å²) in [6, 6.07) is 21.7. The molecule has 1 aliphatic heterocycles. The van der Waals surface area contributed by atoms with Crippen LogP contribution >= 0.6 is 0 Å². The molecule has 1 amide bonds. The predicted molar refractivity (Wildman–Crippen MR) is 107 cm³/mol. The zero-order chi connectivity index (χ0) is 20.0. The molecule has 3 aromatic carbocycles. The molecule has 0 aliphatic carbocycles. The maximum Gasteiger partial charge on any atom is 0.291 e. The van der Waals surface area contributed by atoms with E-state index in [1.54, 1.807) is 41.3 Å². The number of rotatable bonds is 3. The minimum atomic E-state index is -0.640. The lowest BCUT2D eigenvalue weighted by molar-refractivity contribution is 0.0714. The second-order valence-electron chi connectivity index (χ2n) is 7.04. The fourth-order valence-corrected chi connectivity index (χ4v) is 3.90. The molecular formula is C24H16FNO3. The van der Waals surface area contributed by atoms with E-state index >= 15 is 0 Å². The highest BCUT2D eigenvalue weighted by atomic mass is 19.1. The van der Waals surface area contributed by atoms with Crippen molar-refractivity contribution in [2.75, 3.05) is 0 Å². The van der Waals surface area contributed by atoms with Gasteiger partial charge < -0.3 is 9.32 Å². The molecule has 29 heavy (non-hydrogen) atoms. The third-order valence-electron chi connectivity index (χ3n) is 5.25. The van der Waals surface area contributed by atoms with Crippen molar-refractivity contribution in [3.05, 3.63) is 117 Å². The van der Waals surface area contributed by atoms with Gasteiger partial charge >= 0.3 is 0 Å². The minimum Gasteiger partial charge on any atom is -0.450 e. The van der Waals surface area contributed by atoms with E-state index in [1.165, 1.54) is 12.1 Å². The average Bonchev–Trinajstić information content (AvgIpc) is 3.02. The molecular weight excluding hydrogens is 369 g/mol. The molecule has 0 unspecified atom stereocenters. The van der Waals surface area contributed by atoms with Gasteiger partial charge in [0.05, 0.1) is 17.0 Å². The number of benzene rings is 3. The van der Waals surface area contributed by atoms with Crippen LogP contribution in [0.2, 0.25) is 0 Å². The Morgan fingerprint density at radius 1 is 0.862 bits per heavy atom. The minimum absolute atomic E-state index is 0.0546. The summed E-state index contributed by atoms with van der Waals surface area (Å²) in [4.78, 5) is 28.2. The maximum atomic E-state index is 13.5. The van der Waals surface area contributed by atoms with Gasteiger partial charge in [0, 0.05) is 6.54 Å². The molecule has 0 spiro atoms. The van der Waals surface area contributed by atoms with Crippen molar-refractivity contribution in [2.45, 2.75) is 12.6 Å². The molecule has 1 atom stereocenters. The molecule has 0 bridgehead atoms. The fraction of sp³-hybridized carbons (Fsp3) is 0.0833. The number of nitrogens with zero attached hydrogens (tertiary/aromatic N) is 1. The summed E-state index contributed by atoms with van der Waals surface area (Å²) in [6.07, 6.45) is 0. The van der Waals surface area contributed by atoms with Crippen LogP contribution in [0.15, 0.2) is 88.1 Å². The first-order valence-corrected chi connectivity index (χ1v) is 9.29. The van der Waals surface area contributed by atoms with Crippen molar-refractivity contribution >= 4 is 16.9 Å². The molecule has 0 radical (unpaired) electrons. The topological polar surface area (TPSA) is 50.5 Å². The molecule has 0 fully saturated rings. The summed E-state index contributed by atoms with van der Waals surface area (Å²) in [7, 11) is 0. The number of carbonyl (C=O) groups is 1. The van der Waals surface area contributed by atoms with Crippen molar-refractivity contribution in [2.24, 2.45) is 0 Å². The Bertz CT molecular complexity index is 1280. The number of carbonyl (C=O) groups excluding carboxylic acids is 1. The molecule has 5 heteroatoms. The Hall–Kier alpha value is -3.73.